The average molecular weight is 519 g/mol. The van der Waals surface area contributed by atoms with E-state index in [1.807, 2.05) is 59.3 Å². The van der Waals surface area contributed by atoms with Crippen LogP contribution >= 0.6 is 11.6 Å². The molecule has 8 heteroatoms. The summed E-state index contributed by atoms with van der Waals surface area (Å²) in [6, 6.07) is 21.1. The van der Waals surface area contributed by atoms with E-state index in [4.69, 9.17) is 26.2 Å². The van der Waals surface area contributed by atoms with Gasteiger partial charge in [0.2, 0.25) is 0 Å². The molecular weight excluding hydrogens is 488 g/mol. The number of hydrogen-bond donors (Lipinski definition) is 1. The van der Waals surface area contributed by atoms with Crippen molar-refractivity contribution in [2.24, 2.45) is 0 Å². The van der Waals surface area contributed by atoms with Gasteiger partial charge in [0.25, 0.3) is 5.91 Å². The number of fused-ring (bicyclic) bond motifs is 1. The number of aryl methyl sites for hydroxylation is 1. The van der Waals surface area contributed by atoms with Gasteiger partial charge in [-0.2, -0.15) is 5.10 Å². The van der Waals surface area contributed by atoms with Crippen molar-refractivity contribution in [3.8, 4) is 11.5 Å². The Bertz CT molecular complexity index is 1370. The molecule has 2 heterocycles. The molecule has 1 aliphatic heterocycles. The van der Waals surface area contributed by atoms with Crippen molar-refractivity contribution in [2.45, 2.75) is 26.4 Å². The molecule has 37 heavy (non-hydrogen) atoms. The van der Waals surface area contributed by atoms with E-state index in [2.05, 4.69) is 23.2 Å². The first kappa shape index (κ1) is 25.3. The van der Waals surface area contributed by atoms with Crippen LogP contribution in [0.2, 0.25) is 5.02 Å². The first-order chi connectivity index (χ1) is 18.1. The third-order valence-corrected chi connectivity index (χ3v) is 7.01. The molecule has 0 aliphatic carbocycles. The summed E-state index contributed by atoms with van der Waals surface area (Å²) in [4.78, 5) is 15.8. The number of hydrogen-bond acceptors (Lipinski definition) is 5. The molecule has 1 aliphatic rings. The Morgan fingerprint density at radius 1 is 1.03 bits per heavy atom. The summed E-state index contributed by atoms with van der Waals surface area (Å²) in [5, 5.41) is 9.20. The van der Waals surface area contributed by atoms with Crippen LogP contribution in [0.3, 0.4) is 0 Å². The highest BCUT2D eigenvalue weighted by Gasteiger charge is 2.21. The lowest BCUT2D eigenvalue weighted by molar-refractivity contribution is 0.0361. The first-order valence-electron chi connectivity index (χ1n) is 12.7. The van der Waals surface area contributed by atoms with Crippen LogP contribution < -0.4 is 10.1 Å². The van der Waals surface area contributed by atoms with E-state index in [1.165, 1.54) is 5.56 Å². The summed E-state index contributed by atoms with van der Waals surface area (Å²) in [7, 11) is 0. The second-order valence-electron chi connectivity index (χ2n) is 9.01. The fourth-order valence-corrected chi connectivity index (χ4v) is 4.89. The van der Waals surface area contributed by atoms with Crippen LogP contribution in [0.1, 0.15) is 28.5 Å². The SMILES string of the molecule is CCc1cccc2c(C(=O)NCc3c(Cl)cccc3Oc3ccccc3)nn(CCN3CCOCC3)c12. The molecule has 0 bridgehead atoms. The van der Waals surface area contributed by atoms with Gasteiger partial charge in [-0.3, -0.25) is 14.4 Å². The van der Waals surface area contributed by atoms with Gasteiger partial charge >= 0.3 is 0 Å². The number of carbonyl (C=O) groups excluding carboxylic acids is 1. The zero-order chi connectivity index (χ0) is 25.6. The highest BCUT2D eigenvalue weighted by atomic mass is 35.5. The predicted octanol–water partition coefficient (Wildman–Crippen LogP) is 5.31. The van der Waals surface area contributed by atoms with Crippen LogP contribution in [0.5, 0.6) is 11.5 Å². The number of morpholine rings is 1. The summed E-state index contributed by atoms with van der Waals surface area (Å²) in [5.74, 6) is 1.07. The predicted molar refractivity (Wildman–Crippen MR) is 146 cm³/mol. The summed E-state index contributed by atoms with van der Waals surface area (Å²) >= 11 is 6.51. The van der Waals surface area contributed by atoms with Crippen molar-refractivity contribution in [1.29, 1.82) is 0 Å². The van der Waals surface area contributed by atoms with Crippen LogP contribution in [0.4, 0.5) is 0 Å². The van der Waals surface area contributed by atoms with Crippen LogP contribution in [0.15, 0.2) is 66.7 Å². The number of halogens is 1. The summed E-state index contributed by atoms with van der Waals surface area (Å²) in [6.07, 6.45) is 0.863. The molecule has 192 valence electrons. The van der Waals surface area contributed by atoms with Crippen LogP contribution in [-0.2, 0) is 24.2 Å². The quantitative estimate of drug-likeness (QED) is 0.325. The second-order valence-corrected chi connectivity index (χ2v) is 9.41. The molecule has 0 unspecified atom stereocenters. The van der Waals surface area contributed by atoms with Gasteiger partial charge in [0.1, 0.15) is 11.5 Å². The molecule has 1 N–H and O–H groups in total. The Balaban J connectivity index is 1.37. The van der Waals surface area contributed by atoms with Crippen molar-refractivity contribution >= 4 is 28.4 Å². The van der Waals surface area contributed by atoms with E-state index < -0.39 is 0 Å². The molecule has 0 radical (unpaired) electrons. The second kappa shape index (κ2) is 11.8. The molecule has 1 saturated heterocycles. The number of benzene rings is 3. The molecule has 4 aromatic rings. The standard InChI is InChI=1S/C29H31ClN4O3/c1-2-21-8-6-11-23-27(32-34(28(21)23)15-14-33-16-18-36-19-17-33)29(35)31-20-24-25(30)12-7-13-26(24)37-22-9-4-3-5-10-22/h3-13H,2,14-20H2,1H3,(H,31,35). The van der Waals surface area contributed by atoms with Gasteiger partial charge in [0, 0.05) is 42.2 Å². The number of carbonyl (C=O) groups is 1. The average Bonchev–Trinajstić information content (AvgIpc) is 3.32. The van der Waals surface area contributed by atoms with Crippen molar-refractivity contribution < 1.29 is 14.3 Å². The monoisotopic (exact) mass is 518 g/mol. The van der Waals surface area contributed by atoms with Crippen LogP contribution in [-0.4, -0.2) is 53.4 Å². The molecule has 3 aromatic carbocycles. The lowest BCUT2D eigenvalue weighted by Gasteiger charge is -2.26. The molecule has 7 nitrogen and oxygen atoms in total. The van der Waals surface area contributed by atoms with Crippen molar-refractivity contribution in [3.63, 3.8) is 0 Å². The van der Waals surface area contributed by atoms with E-state index in [-0.39, 0.29) is 12.5 Å². The smallest absolute Gasteiger partial charge is 0.272 e. The van der Waals surface area contributed by atoms with E-state index in [0.717, 1.165) is 50.2 Å². The lowest BCUT2D eigenvalue weighted by atomic mass is 10.1. The number of aromatic nitrogens is 2. The van der Waals surface area contributed by atoms with Crippen LogP contribution in [0.25, 0.3) is 10.9 Å². The molecule has 0 atom stereocenters. The maximum atomic E-state index is 13.4. The van der Waals surface area contributed by atoms with Gasteiger partial charge in [0.15, 0.2) is 5.69 Å². The molecular formula is C29H31ClN4O3. The summed E-state index contributed by atoms with van der Waals surface area (Å²) in [6.45, 7) is 7.25. The van der Waals surface area contributed by atoms with Crippen molar-refractivity contribution in [3.05, 3.63) is 88.6 Å². The Morgan fingerprint density at radius 2 is 1.81 bits per heavy atom. The molecule has 1 fully saturated rings. The van der Waals surface area contributed by atoms with Gasteiger partial charge in [0.05, 0.1) is 25.3 Å². The number of amides is 1. The molecule has 1 amide bonds. The molecule has 0 spiro atoms. The topological polar surface area (TPSA) is 68.6 Å². The van der Waals surface area contributed by atoms with Gasteiger partial charge in [-0.25, -0.2) is 0 Å². The number of para-hydroxylation sites is 2. The van der Waals surface area contributed by atoms with E-state index in [1.54, 1.807) is 6.07 Å². The fraction of sp³-hybridized carbons (Fsp3) is 0.310. The Labute approximate surface area is 221 Å². The lowest BCUT2D eigenvalue weighted by Crippen LogP contribution is -2.38. The highest BCUT2D eigenvalue weighted by Crippen LogP contribution is 2.31. The first-order valence-corrected chi connectivity index (χ1v) is 13.1. The number of nitrogens with one attached hydrogen (secondary N) is 1. The minimum Gasteiger partial charge on any atom is -0.457 e. The minimum atomic E-state index is -0.242. The largest absolute Gasteiger partial charge is 0.457 e. The normalized spacial score (nSPS) is 14.1. The van der Waals surface area contributed by atoms with E-state index in [0.29, 0.717) is 34.3 Å². The zero-order valence-electron chi connectivity index (χ0n) is 21.0. The Kier molecular flexibility index (Phi) is 8.04. The van der Waals surface area contributed by atoms with E-state index in [9.17, 15) is 4.79 Å². The zero-order valence-corrected chi connectivity index (χ0v) is 21.7. The maximum absolute atomic E-state index is 13.4. The minimum absolute atomic E-state index is 0.219. The number of rotatable bonds is 9. The fourth-order valence-electron chi connectivity index (χ4n) is 4.66. The molecule has 5 rings (SSSR count). The maximum Gasteiger partial charge on any atom is 0.272 e. The summed E-state index contributed by atoms with van der Waals surface area (Å²) < 4.78 is 13.5. The van der Waals surface area contributed by atoms with Gasteiger partial charge < -0.3 is 14.8 Å². The van der Waals surface area contributed by atoms with Gasteiger partial charge in [-0.05, 0) is 36.2 Å². The third-order valence-electron chi connectivity index (χ3n) is 6.65. The van der Waals surface area contributed by atoms with Crippen molar-refractivity contribution in [1.82, 2.24) is 20.0 Å². The van der Waals surface area contributed by atoms with Gasteiger partial charge in [-0.1, -0.05) is 61.0 Å². The highest BCUT2D eigenvalue weighted by molar-refractivity contribution is 6.31. The van der Waals surface area contributed by atoms with E-state index >= 15 is 0 Å². The number of ether oxygens (including phenoxy) is 2. The third kappa shape index (κ3) is 5.80. The molecule has 0 saturated carbocycles. The Hall–Kier alpha value is -3.39. The molecule has 1 aromatic heterocycles. The Morgan fingerprint density at radius 3 is 2.59 bits per heavy atom. The van der Waals surface area contributed by atoms with Gasteiger partial charge in [-0.15, -0.1) is 0 Å². The summed E-state index contributed by atoms with van der Waals surface area (Å²) in [5.41, 5.74) is 3.33. The van der Waals surface area contributed by atoms with Crippen molar-refractivity contribution in [2.75, 3.05) is 32.8 Å². The number of nitrogens with zero attached hydrogens (tertiary/aromatic N) is 3. The van der Waals surface area contributed by atoms with Crippen LogP contribution in [0, 0.1) is 0 Å².